The molecule has 0 aromatic heterocycles. The van der Waals surface area contributed by atoms with Crippen LogP contribution in [-0.2, 0) is 45.8 Å². The first-order valence-corrected chi connectivity index (χ1v) is 34.9. The van der Waals surface area contributed by atoms with Gasteiger partial charge in [0, 0.05) is 38.9 Å². The standard InChI is InChI=1S/C85H130N7/c1-65(74-38-24-67(25-39-74)58-86(3,4)5)52-81(76-42-28-69(29-43-76)60-88(9,10)11)54-83(78-46-32-71(33-47-78)62-90(15,16)17)56-85(80-50-36-73(37-51-80)64-92(21,22)23)57-84(79-48-34-72(35-49-79)63-91(18,19)20)55-82(77-44-30-70(31-45-77)61-89(12,13)14)53-66(2)75-40-26-68(27-41-75)59-87(6,7)8/h24-51,65-66,81-85H,52-64H2,1-23H3/q+7. The zero-order chi connectivity index (χ0) is 67.6. The van der Waals surface area contributed by atoms with Crippen LogP contribution < -0.4 is 0 Å². The van der Waals surface area contributed by atoms with Crippen LogP contribution in [-0.4, -0.2) is 179 Å². The molecule has 7 rings (SSSR count). The van der Waals surface area contributed by atoms with Crippen molar-refractivity contribution >= 4 is 0 Å². The predicted molar refractivity (Wildman–Crippen MR) is 395 cm³/mol. The highest BCUT2D eigenvalue weighted by molar-refractivity contribution is 5.35. The summed E-state index contributed by atoms with van der Waals surface area (Å²) in [6.45, 7) is 12.0. The predicted octanol–water partition coefficient (Wildman–Crippen LogP) is 17.3. The topological polar surface area (TPSA) is 0 Å². The minimum absolute atomic E-state index is 0.289. The lowest BCUT2D eigenvalue weighted by Gasteiger charge is -2.34. The molecule has 0 N–H and O–H groups in total. The summed E-state index contributed by atoms with van der Waals surface area (Å²) in [6, 6.07) is 69.1. The van der Waals surface area contributed by atoms with E-state index in [-0.39, 0.29) is 5.92 Å². The van der Waals surface area contributed by atoms with Gasteiger partial charge in [-0.25, -0.2) is 0 Å². The smallest absolute Gasteiger partial charge is 0.104 e. The third-order valence-corrected chi connectivity index (χ3v) is 18.5. The van der Waals surface area contributed by atoms with E-state index in [1.165, 1.54) is 77.9 Å². The molecule has 498 valence electrons. The molecule has 0 bridgehead atoms. The van der Waals surface area contributed by atoms with E-state index in [0.29, 0.717) is 35.5 Å². The maximum Gasteiger partial charge on any atom is 0.104 e. The zero-order valence-electron chi connectivity index (χ0n) is 62.5. The molecular weight excluding hydrogens is 1120 g/mol. The van der Waals surface area contributed by atoms with Crippen LogP contribution >= 0.6 is 0 Å². The lowest BCUT2D eigenvalue weighted by Crippen LogP contribution is -2.33. The van der Waals surface area contributed by atoms with Crippen LogP contribution in [0.5, 0.6) is 0 Å². The first-order valence-electron chi connectivity index (χ1n) is 34.9. The van der Waals surface area contributed by atoms with E-state index >= 15 is 0 Å². The summed E-state index contributed by atoms with van der Waals surface area (Å²) in [6.07, 6.45) is 6.42. The Balaban J connectivity index is 1.39. The Morgan fingerprint density at radius 3 is 0.424 bits per heavy atom. The summed E-state index contributed by atoms with van der Waals surface area (Å²) in [7, 11) is 48.4. The number of hydrogen-bond donors (Lipinski definition) is 0. The van der Waals surface area contributed by atoms with E-state index in [9.17, 15) is 0 Å². The summed E-state index contributed by atoms with van der Waals surface area (Å²) in [5.41, 5.74) is 20.0. The van der Waals surface area contributed by atoms with Crippen LogP contribution in [0.3, 0.4) is 0 Å². The molecule has 0 aliphatic rings. The minimum Gasteiger partial charge on any atom is -0.327 e. The SMILES string of the molecule is CC(CC(CC(CC(CC(CC(CC(C)c1ccc(C[N+](C)(C)C)cc1)c1ccc(C[N+](C)(C)C)cc1)c1ccc(C[N+](C)(C)C)cc1)c1ccc(C[N+](C)(C)C)cc1)c1ccc(C[N+](C)(C)C)cc1)c1ccc(C[N+](C)(C)C)cc1)c1ccc(C[N+](C)(C)C)cc1. The third-order valence-electron chi connectivity index (χ3n) is 18.5. The fourth-order valence-corrected chi connectivity index (χ4v) is 14.6. The third kappa shape index (κ3) is 25.5. The van der Waals surface area contributed by atoms with E-state index in [2.05, 4.69) is 332 Å². The Hall–Kier alpha value is -5.74. The van der Waals surface area contributed by atoms with E-state index < -0.39 is 0 Å². The second-order valence-corrected chi connectivity index (χ2v) is 36.0. The highest BCUT2D eigenvalue weighted by atomic mass is 15.3. The summed E-state index contributed by atoms with van der Waals surface area (Å²) in [5.74, 6) is 2.34. The van der Waals surface area contributed by atoms with Gasteiger partial charge < -0.3 is 31.4 Å². The number of hydrogen-bond acceptors (Lipinski definition) is 0. The lowest BCUT2D eigenvalue weighted by molar-refractivity contribution is -0.884. The molecule has 0 aliphatic heterocycles. The molecule has 0 radical (unpaired) electrons. The van der Waals surface area contributed by atoms with Crippen LogP contribution in [0.2, 0.25) is 0 Å². The van der Waals surface area contributed by atoms with Crippen LogP contribution in [0.4, 0.5) is 0 Å². The maximum absolute atomic E-state index is 2.54. The van der Waals surface area contributed by atoms with Crippen molar-refractivity contribution in [1.82, 2.24) is 0 Å². The summed E-state index contributed by atoms with van der Waals surface area (Å²) in [4.78, 5) is 0. The van der Waals surface area contributed by atoms with Gasteiger partial charge in [0.1, 0.15) is 45.8 Å². The molecule has 0 saturated carbocycles. The van der Waals surface area contributed by atoms with Crippen molar-refractivity contribution in [2.24, 2.45) is 0 Å². The molecule has 7 heteroatoms. The first-order chi connectivity index (χ1) is 42.7. The van der Waals surface area contributed by atoms with E-state index in [0.717, 1.165) is 116 Å². The monoisotopic (exact) mass is 1250 g/mol. The molecule has 0 spiro atoms. The largest absolute Gasteiger partial charge is 0.327 e. The molecule has 7 aromatic carbocycles. The maximum atomic E-state index is 2.54. The van der Waals surface area contributed by atoms with Crippen LogP contribution in [0, 0.1) is 0 Å². The molecule has 7 aromatic rings. The Labute approximate surface area is 563 Å². The quantitative estimate of drug-likeness (QED) is 0.0360. The fraction of sp³-hybridized carbons (Fsp3) is 0.506. The Morgan fingerprint density at radius 1 is 0.174 bits per heavy atom. The Bertz CT molecular complexity index is 3110. The average Bonchev–Trinajstić information content (AvgIpc) is 0.853. The van der Waals surface area contributed by atoms with Gasteiger partial charge in [-0.2, -0.15) is 0 Å². The summed E-state index contributed by atoms with van der Waals surface area (Å²) >= 11 is 0. The molecule has 0 fully saturated rings. The lowest BCUT2D eigenvalue weighted by atomic mass is 9.71. The fourth-order valence-electron chi connectivity index (χ4n) is 14.6. The minimum atomic E-state index is 0.289. The Morgan fingerprint density at radius 2 is 0.293 bits per heavy atom. The Kier molecular flexibility index (Phi) is 24.6. The molecule has 6 unspecified atom stereocenters. The zero-order valence-corrected chi connectivity index (χ0v) is 62.5. The van der Waals surface area contributed by atoms with Crippen LogP contribution in [0.15, 0.2) is 170 Å². The van der Waals surface area contributed by atoms with E-state index in [4.69, 9.17) is 0 Å². The molecule has 7 nitrogen and oxygen atoms in total. The van der Waals surface area contributed by atoms with Gasteiger partial charge in [-0.05, 0) is 119 Å². The van der Waals surface area contributed by atoms with Crippen molar-refractivity contribution in [1.29, 1.82) is 0 Å². The van der Waals surface area contributed by atoms with E-state index in [1.807, 2.05) is 0 Å². The van der Waals surface area contributed by atoms with Crippen molar-refractivity contribution in [3.8, 4) is 0 Å². The van der Waals surface area contributed by atoms with Gasteiger partial charge >= 0.3 is 0 Å². The molecule has 6 atom stereocenters. The van der Waals surface area contributed by atoms with Gasteiger partial charge in [-0.3, -0.25) is 0 Å². The van der Waals surface area contributed by atoms with Gasteiger partial charge in [0.15, 0.2) is 0 Å². The van der Waals surface area contributed by atoms with Gasteiger partial charge in [0.05, 0.1) is 148 Å². The summed E-state index contributed by atoms with van der Waals surface area (Å²) < 4.78 is 6.34. The highest BCUT2D eigenvalue weighted by Crippen LogP contribution is 2.47. The second kappa shape index (κ2) is 30.8. The van der Waals surface area contributed by atoms with Crippen molar-refractivity contribution in [2.75, 3.05) is 148 Å². The van der Waals surface area contributed by atoms with Crippen molar-refractivity contribution in [2.45, 2.75) is 140 Å². The molecule has 0 heterocycles. The van der Waals surface area contributed by atoms with Crippen molar-refractivity contribution in [3.05, 3.63) is 248 Å². The first kappa shape index (κ1) is 73.7. The van der Waals surface area contributed by atoms with Crippen molar-refractivity contribution in [3.63, 3.8) is 0 Å². The highest BCUT2D eigenvalue weighted by Gasteiger charge is 2.32. The average molecular weight is 1250 g/mol. The molecular formula is C85H130N7+7. The normalized spacial score (nSPS) is 15.4. The second-order valence-electron chi connectivity index (χ2n) is 36.0. The number of benzene rings is 7. The van der Waals surface area contributed by atoms with Gasteiger partial charge in [0.2, 0.25) is 0 Å². The molecule has 0 amide bonds. The van der Waals surface area contributed by atoms with Crippen LogP contribution in [0.1, 0.15) is 172 Å². The van der Waals surface area contributed by atoms with Crippen LogP contribution in [0.25, 0.3) is 0 Å². The van der Waals surface area contributed by atoms with Gasteiger partial charge in [-0.15, -0.1) is 0 Å². The van der Waals surface area contributed by atoms with E-state index in [1.54, 1.807) is 0 Å². The van der Waals surface area contributed by atoms with Crippen molar-refractivity contribution < 1.29 is 31.4 Å². The summed E-state index contributed by atoms with van der Waals surface area (Å²) in [5, 5.41) is 0. The number of quaternary nitrogens is 7. The van der Waals surface area contributed by atoms with Gasteiger partial charge in [0.25, 0.3) is 0 Å². The molecule has 0 saturated heterocycles. The van der Waals surface area contributed by atoms with Gasteiger partial charge in [-0.1, -0.05) is 184 Å². The molecule has 92 heavy (non-hydrogen) atoms. The number of rotatable bonds is 33. The molecule has 0 aliphatic carbocycles. The number of nitrogens with zero attached hydrogens (tertiary/aromatic N) is 7.